The molecule has 0 spiro atoms. The van der Waals surface area contributed by atoms with Gasteiger partial charge in [0.15, 0.2) is 6.61 Å². The maximum atomic E-state index is 12.9. The predicted molar refractivity (Wildman–Crippen MR) is 57.7 cm³/mol. The Morgan fingerprint density at radius 2 is 2.24 bits per heavy atom. The van der Waals surface area contributed by atoms with Gasteiger partial charge in [0.2, 0.25) is 5.89 Å². The van der Waals surface area contributed by atoms with Crippen LogP contribution in [-0.4, -0.2) is 10.2 Å². The molecule has 0 aliphatic heterocycles. The van der Waals surface area contributed by atoms with E-state index in [1.807, 2.05) is 0 Å². The molecule has 90 valence electrons. The number of ether oxygens (including phenoxy) is 1. The normalized spacial score (nSPS) is 10.5. The van der Waals surface area contributed by atoms with E-state index in [0.29, 0.717) is 23.1 Å². The summed E-state index contributed by atoms with van der Waals surface area (Å²) in [6, 6.07) is 4.18. The first-order valence-corrected chi connectivity index (χ1v) is 5.09. The summed E-state index contributed by atoms with van der Waals surface area (Å²) in [6.45, 7) is 2.04. The van der Waals surface area contributed by atoms with Gasteiger partial charge in [-0.25, -0.2) is 4.39 Å². The molecule has 0 aliphatic carbocycles. The number of rotatable bonds is 4. The Bertz CT molecular complexity index is 513. The summed E-state index contributed by atoms with van der Waals surface area (Å²) in [6.07, 6.45) is 0. The molecule has 17 heavy (non-hydrogen) atoms. The number of nitrogens with two attached hydrogens (primary N) is 1. The zero-order chi connectivity index (χ0) is 12.3. The van der Waals surface area contributed by atoms with Crippen molar-refractivity contribution in [1.82, 2.24) is 10.2 Å². The number of hydrogen-bond donors (Lipinski definition) is 1. The van der Waals surface area contributed by atoms with Crippen LogP contribution in [0.5, 0.6) is 5.75 Å². The van der Waals surface area contributed by atoms with Gasteiger partial charge in [-0.2, -0.15) is 0 Å². The average molecular weight is 237 g/mol. The fourth-order valence-corrected chi connectivity index (χ4v) is 1.38. The molecule has 0 saturated carbocycles. The van der Waals surface area contributed by atoms with Crippen LogP contribution < -0.4 is 10.5 Å². The number of nitrogens with zero attached hydrogens (tertiary/aromatic N) is 2. The fourth-order valence-electron chi connectivity index (χ4n) is 1.38. The average Bonchev–Trinajstić information content (AvgIpc) is 2.73. The van der Waals surface area contributed by atoms with Crippen molar-refractivity contribution in [2.24, 2.45) is 5.73 Å². The van der Waals surface area contributed by atoms with Crippen molar-refractivity contribution in [3.8, 4) is 5.75 Å². The van der Waals surface area contributed by atoms with Crippen molar-refractivity contribution in [3.05, 3.63) is 41.4 Å². The first-order valence-electron chi connectivity index (χ1n) is 5.09. The van der Waals surface area contributed by atoms with Crippen molar-refractivity contribution in [2.75, 3.05) is 0 Å². The van der Waals surface area contributed by atoms with Crippen LogP contribution in [0.2, 0.25) is 0 Å². The quantitative estimate of drug-likeness (QED) is 0.873. The number of aryl methyl sites for hydroxylation is 1. The Balaban J connectivity index is 2.08. The highest BCUT2D eigenvalue weighted by atomic mass is 19.1. The van der Waals surface area contributed by atoms with E-state index < -0.39 is 0 Å². The highest BCUT2D eigenvalue weighted by Crippen LogP contribution is 2.20. The Morgan fingerprint density at radius 1 is 1.41 bits per heavy atom. The Labute approximate surface area is 97.4 Å². The molecule has 0 atom stereocenters. The van der Waals surface area contributed by atoms with E-state index in [2.05, 4.69) is 10.2 Å². The SMILES string of the molecule is Cc1nnc(COc2ccc(F)cc2CN)o1. The molecule has 0 amide bonds. The standard InChI is InChI=1S/C11H12FN3O2/c1-7-14-15-11(17-7)6-16-10-3-2-9(12)4-8(10)5-13/h2-4H,5-6,13H2,1H3. The summed E-state index contributed by atoms with van der Waals surface area (Å²) >= 11 is 0. The molecule has 2 N–H and O–H groups in total. The molecule has 0 aliphatic rings. The van der Waals surface area contributed by atoms with Crippen LogP contribution in [0.1, 0.15) is 17.3 Å². The van der Waals surface area contributed by atoms with Crippen molar-refractivity contribution in [1.29, 1.82) is 0 Å². The van der Waals surface area contributed by atoms with Gasteiger partial charge >= 0.3 is 0 Å². The van der Waals surface area contributed by atoms with Crippen molar-refractivity contribution < 1.29 is 13.5 Å². The zero-order valence-electron chi connectivity index (χ0n) is 9.31. The highest BCUT2D eigenvalue weighted by molar-refractivity contribution is 5.33. The summed E-state index contributed by atoms with van der Waals surface area (Å²) in [5, 5.41) is 7.46. The molecular formula is C11H12FN3O2. The maximum absolute atomic E-state index is 12.9. The van der Waals surface area contributed by atoms with Crippen molar-refractivity contribution >= 4 is 0 Å². The lowest BCUT2D eigenvalue weighted by Gasteiger charge is -2.08. The summed E-state index contributed by atoms with van der Waals surface area (Å²) in [5.74, 6) is 1.02. The molecule has 1 aromatic carbocycles. The third-order valence-electron chi connectivity index (χ3n) is 2.16. The smallest absolute Gasteiger partial charge is 0.253 e. The molecule has 6 heteroatoms. The van der Waals surface area contributed by atoms with Gasteiger partial charge in [-0.1, -0.05) is 0 Å². The molecule has 5 nitrogen and oxygen atoms in total. The van der Waals surface area contributed by atoms with Crippen LogP contribution in [0.15, 0.2) is 22.6 Å². The van der Waals surface area contributed by atoms with E-state index in [-0.39, 0.29) is 19.0 Å². The van der Waals surface area contributed by atoms with Crippen LogP contribution in [0, 0.1) is 12.7 Å². The van der Waals surface area contributed by atoms with Crippen molar-refractivity contribution in [3.63, 3.8) is 0 Å². The van der Waals surface area contributed by atoms with Crippen molar-refractivity contribution in [2.45, 2.75) is 20.1 Å². The minimum atomic E-state index is -0.341. The first kappa shape index (κ1) is 11.5. The first-order chi connectivity index (χ1) is 8.19. The van der Waals surface area contributed by atoms with Crippen LogP contribution in [0.25, 0.3) is 0 Å². The number of halogens is 1. The van der Waals surface area contributed by atoms with E-state index in [9.17, 15) is 4.39 Å². The second kappa shape index (κ2) is 4.92. The molecule has 0 saturated heterocycles. The van der Waals surface area contributed by atoms with E-state index in [1.165, 1.54) is 18.2 Å². The minimum Gasteiger partial charge on any atom is -0.483 e. The Hall–Kier alpha value is -1.95. The van der Waals surface area contributed by atoms with Gasteiger partial charge in [-0.15, -0.1) is 10.2 Å². The van der Waals surface area contributed by atoms with Gasteiger partial charge in [0, 0.05) is 19.0 Å². The highest BCUT2D eigenvalue weighted by Gasteiger charge is 2.07. The summed E-state index contributed by atoms with van der Waals surface area (Å²) < 4.78 is 23.5. The number of benzene rings is 1. The predicted octanol–water partition coefficient (Wildman–Crippen LogP) is 1.55. The summed E-state index contributed by atoms with van der Waals surface area (Å²) in [4.78, 5) is 0. The van der Waals surface area contributed by atoms with E-state index in [4.69, 9.17) is 14.9 Å². The van der Waals surface area contributed by atoms with Gasteiger partial charge in [0.1, 0.15) is 11.6 Å². The second-order valence-electron chi connectivity index (χ2n) is 3.46. The lowest BCUT2D eigenvalue weighted by Crippen LogP contribution is -2.03. The molecule has 1 heterocycles. The molecule has 0 unspecified atom stereocenters. The van der Waals surface area contributed by atoms with Gasteiger partial charge in [-0.05, 0) is 18.2 Å². The van der Waals surface area contributed by atoms with Crippen LogP contribution >= 0.6 is 0 Å². The van der Waals surface area contributed by atoms with Crippen LogP contribution in [0.4, 0.5) is 4.39 Å². The third-order valence-corrected chi connectivity index (χ3v) is 2.16. The molecule has 1 aromatic heterocycles. The Kier molecular flexibility index (Phi) is 3.34. The summed E-state index contributed by atoms with van der Waals surface area (Å²) in [5.41, 5.74) is 6.09. The topological polar surface area (TPSA) is 74.2 Å². The maximum Gasteiger partial charge on any atom is 0.253 e. The Morgan fingerprint density at radius 3 is 2.88 bits per heavy atom. The lowest BCUT2D eigenvalue weighted by atomic mass is 10.2. The van der Waals surface area contributed by atoms with Gasteiger partial charge in [-0.3, -0.25) is 0 Å². The molecule has 2 rings (SSSR count). The van der Waals surface area contributed by atoms with E-state index in [0.717, 1.165) is 0 Å². The van der Waals surface area contributed by atoms with Crippen LogP contribution in [0.3, 0.4) is 0 Å². The monoisotopic (exact) mass is 237 g/mol. The molecule has 0 radical (unpaired) electrons. The second-order valence-corrected chi connectivity index (χ2v) is 3.46. The number of aromatic nitrogens is 2. The molecule has 2 aromatic rings. The molecule has 0 bridgehead atoms. The van der Waals surface area contributed by atoms with E-state index in [1.54, 1.807) is 6.92 Å². The molecule has 0 fully saturated rings. The minimum absolute atomic E-state index is 0.138. The lowest BCUT2D eigenvalue weighted by molar-refractivity contribution is 0.258. The molecular weight excluding hydrogens is 225 g/mol. The van der Waals surface area contributed by atoms with Gasteiger partial charge in [0.05, 0.1) is 0 Å². The largest absolute Gasteiger partial charge is 0.483 e. The van der Waals surface area contributed by atoms with Crippen LogP contribution in [-0.2, 0) is 13.2 Å². The summed E-state index contributed by atoms with van der Waals surface area (Å²) in [7, 11) is 0. The zero-order valence-corrected chi connectivity index (χ0v) is 9.31. The van der Waals surface area contributed by atoms with Gasteiger partial charge in [0.25, 0.3) is 5.89 Å². The van der Waals surface area contributed by atoms with E-state index >= 15 is 0 Å². The number of hydrogen-bond acceptors (Lipinski definition) is 5. The fraction of sp³-hybridized carbons (Fsp3) is 0.273. The van der Waals surface area contributed by atoms with Gasteiger partial charge < -0.3 is 14.9 Å². The third kappa shape index (κ3) is 2.79.